The molecule has 3 N–H and O–H groups in total. The van der Waals surface area contributed by atoms with E-state index in [1.165, 1.54) is 12.1 Å². The smallest absolute Gasteiger partial charge is 0.325 e. The SMILES string of the molecule is CC(CC(=O)O)CC(=O)NC(=O)Nc1cc(F)ccc1Br. The molecule has 1 unspecified atom stereocenters. The molecule has 0 aliphatic carbocycles. The summed E-state index contributed by atoms with van der Waals surface area (Å²) in [5, 5.41) is 13.0. The lowest BCUT2D eigenvalue weighted by Gasteiger charge is -2.10. The standard InChI is InChI=1S/C13H14BrFN2O4/c1-7(5-12(19)20)4-11(18)17-13(21)16-10-6-8(15)2-3-9(10)14/h2-3,6-7H,4-5H2,1H3,(H,19,20)(H2,16,17,18,21). The number of imide groups is 1. The van der Waals surface area contributed by atoms with Gasteiger partial charge in [0.25, 0.3) is 0 Å². The van der Waals surface area contributed by atoms with Gasteiger partial charge in [-0.15, -0.1) is 0 Å². The van der Waals surface area contributed by atoms with E-state index in [1.54, 1.807) is 6.92 Å². The highest BCUT2D eigenvalue weighted by Crippen LogP contribution is 2.22. The van der Waals surface area contributed by atoms with E-state index >= 15 is 0 Å². The number of hydrogen-bond acceptors (Lipinski definition) is 3. The van der Waals surface area contributed by atoms with E-state index in [4.69, 9.17) is 5.11 Å². The van der Waals surface area contributed by atoms with E-state index in [-0.39, 0.29) is 18.5 Å². The van der Waals surface area contributed by atoms with Crippen LogP contribution in [0.1, 0.15) is 19.8 Å². The van der Waals surface area contributed by atoms with Gasteiger partial charge in [-0.1, -0.05) is 6.92 Å². The summed E-state index contributed by atoms with van der Waals surface area (Å²) in [6.07, 6.45) is -0.255. The minimum Gasteiger partial charge on any atom is -0.481 e. The van der Waals surface area contributed by atoms with Gasteiger partial charge >= 0.3 is 12.0 Å². The van der Waals surface area contributed by atoms with Gasteiger partial charge in [-0.25, -0.2) is 9.18 Å². The van der Waals surface area contributed by atoms with E-state index in [9.17, 15) is 18.8 Å². The Morgan fingerprint density at radius 3 is 2.62 bits per heavy atom. The van der Waals surface area contributed by atoms with Crippen molar-refractivity contribution in [3.63, 3.8) is 0 Å². The molecule has 0 aliphatic rings. The molecule has 1 aromatic rings. The van der Waals surface area contributed by atoms with Crippen LogP contribution in [0.5, 0.6) is 0 Å². The van der Waals surface area contributed by atoms with Crippen molar-refractivity contribution in [2.45, 2.75) is 19.8 Å². The number of benzene rings is 1. The van der Waals surface area contributed by atoms with Crippen LogP contribution in [0.3, 0.4) is 0 Å². The summed E-state index contributed by atoms with van der Waals surface area (Å²) in [6.45, 7) is 1.59. The lowest BCUT2D eigenvalue weighted by Crippen LogP contribution is -2.35. The van der Waals surface area contributed by atoms with Crippen molar-refractivity contribution in [1.29, 1.82) is 0 Å². The first-order valence-corrected chi connectivity index (χ1v) is 6.85. The fourth-order valence-corrected chi connectivity index (χ4v) is 1.96. The molecule has 1 rings (SSSR count). The van der Waals surface area contributed by atoms with Crippen LogP contribution in [0.4, 0.5) is 14.9 Å². The highest BCUT2D eigenvalue weighted by Gasteiger charge is 2.15. The molecule has 0 bridgehead atoms. The largest absolute Gasteiger partial charge is 0.481 e. The number of aliphatic carboxylic acids is 1. The maximum atomic E-state index is 13.0. The number of carbonyl (C=O) groups is 3. The Bertz CT molecular complexity index is 565. The number of carboxylic acids is 1. The second-order valence-corrected chi connectivity index (χ2v) is 5.39. The summed E-state index contributed by atoms with van der Waals surface area (Å²) >= 11 is 3.13. The van der Waals surface area contributed by atoms with Crippen LogP contribution < -0.4 is 10.6 Å². The molecule has 0 heterocycles. The fraction of sp³-hybridized carbons (Fsp3) is 0.308. The molecule has 0 saturated carbocycles. The number of anilines is 1. The highest BCUT2D eigenvalue weighted by atomic mass is 79.9. The van der Waals surface area contributed by atoms with Gasteiger partial charge in [0.15, 0.2) is 0 Å². The zero-order valence-corrected chi connectivity index (χ0v) is 12.7. The van der Waals surface area contributed by atoms with Crippen molar-refractivity contribution in [3.8, 4) is 0 Å². The lowest BCUT2D eigenvalue weighted by atomic mass is 10.0. The summed E-state index contributed by atoms with van der Waals surface area (Å²) < 4.78 is 13.5. The number of carboxylic acid groups (broad SMARTS) is 1. The zero-order chi connectivity index (χ0) is 16.0. The van der Waals surface area contributed by atoms with Gasteiger partial charge in [-0.05, 0) is 40.0 Å². The van der Waals surface area contributed by atoms with Gasteiger partial charge in [0, 0.05) is 17.3 Å². The van der Waals surface area contributed by atoms with E-state index in [2.05, 4.69) is 26.6 Å². The van der Waals surface area contributed by atoms with Crippen molar-refractivity contribution in [2.75, 3.05) is 5.32 Å². The average Bonchev–Trinajstić information content (AvgIpc) is 2.32. The van der Waals surface area contributed by atoms with Gasteiger partial charge in [0.05, 0.1) is 5.69 Å². The van der Waals surface area contributed by atoms with Crippen molar-refractivity contribution in [2.24, 2.45) is 5.92 Å². The van der Waals surface area contributed by atoms with Crippen molar-refractivity contribution in [1.82, 2.24) is 5.32 Å². The molecular formula is C13H14BrFN2O4. The number of urea groups is 1. The van der Waals surface area contributed by atoms with Crippen molar-refractivity contribution < 1.29 is 23.9 Å². The monoisotopic (exact) mass is 360 g/mol. The number of amides is 3. The summed E-state index contributed by atoms with van der Waals surface area (Å²) in [5.74, 6) is -2.54. The Morgan fingerprint density at radius 2 is 2.00 bits per heavy atom. The zero-order valence-electron chi connectivity index (χ0n) is 11.2. The minimum absolute atomic E-state index is 0.0932. The predicted molar refractivity (Wildman–Crippen MR) is 77.3 cm³/mol. The molecule has 0 radical (unpaired) electrons. The molecule has 1 atom stereocenters. The molecule has 0 fully saturated rings. The van der Waals surface area contributed by atoms with Crippen molar-refractivity contribution in [3.05, 3.63) is 28.5 Å². The number of hydrogen-bond donors (Lipinski definition) is 3. The molecule has 0 saturated heterocycles. The molecule has 1 aromatic carbocycles. The van der Waals surface area contributed by atoms with Crippen LogP contribution in [-0.2, 0) is 9.59 Å². The van der Waals surface area contributed by atoms with Gasteiger partial charge in [0.1, 0.15) is 5.82 Å². The Morgan fingerprint density at radius 1 is 1.33 bits per heavy atom. The van der Waals surface area contributed by atoms with Gasteiger partial charge in [0.2, 0.25) is 5.91 Å². The molecule has 6 nitrogen and oxygen atoms in total. The van der Waals surface area contributed by atoms with Gasteiger partial charge in [-0.3, -0.25) is 14.9 Å². The van der Waals surface area contributed by atoms with E-state index in [1.807, 2.05) is 0 Å². The molecule has 3 amide bonds. The lowest BCUT2D eigenvalue weighted by molar-refractivity contribution is -0.138. The molecule has 21 heavy (non-hydrogen) atoms. The van der Waals surface area contributed by atoms with E-state index in [0.29, 0.717) is 4.47 Å². The Balaban J connectivity index is 2.51. The van der Waals surface area contributed by atoms with Crippen LogP contribution in [0, 0.1) is 11.7 Å². The molecule has 0 aromatic heterocycles. The third-order valence-corrected chi connectivity index (χ3v) is 3.18. The topological polar surface area (TPSA) is 95.5 Å². The molecule has 0 spiro atoms. The van der Waals surface area contributed by atoms with Crippen LogP contribution in [-0.4, -0.2) is 23.0 Å². The minimum atomic E-state index is -1.01. The second-order valence-electron chi connectivity index (χ2n) is 4.53. The summed E-state index contributed by atoms with van der Waals surface area (Å²) in [7, 11) is 0. The van der Waals surface area contributed by atoms with Crippen molar-refractivity contribution >= 4 is 39.5 Å². The molecular weight excluding hydrogens is 347 g/mol. The maximum absolute atomic E-state index is 13.0. The third kappa shape index (κ3) is 6.35. The fourth-order valence-electron chi connectivity index (χ4n) is 1.61. The first-order valence-electron chi connectivity index (χ1n) is 6.05. The second kappa shape index (κ2) is 7.72. The van der Waals surface area contributed by atoms with Crippen LogP contribution in [0.15, 0.2) is 22.7 Å². The maximum Gasteiger partial charge on any atom is 0.325 e. The predicted octanol–water partition coefficient (Wildman–Crippen LogP) is 2.74. The number of halogens is 2. The summed E-state index contributed by atoms with van der Waals surface area (Å²) in [6, 6.07) is 2.92. The average molecular weight is 361 g/mol. The Kier molecular flexibility index (Phi) is 6.29. The molecule has 114 valence electrons. The Hall–Kier alpha value is -1.96. The summed E-state index contributed by atoms with van der Waals surface area (Å²) in [5.41, 5.74) is 0.180. The van der Waals surface area contributed by atoms with Gasteiger partial charge in [-0.2, -0.15) is 0 Å². The third-order valence-electron chi connectivity index (χ3n) is 2.49. The Labute approximate surface area is 128 Å². The molecule has 8 heteroatoms. The van der Waals surface area contributed by atoms with Crippen LogP contribution in [0.2, 0.25) is 0 Å². The van der Waals surface area contributed by atoms with Crippen LogP contribution >= 0.6 is 15.9 Å². The number of nitrogens with one attached hydrogen (secondary N) is 2. The first-order chi connectivity index (χ1) is 9.77. The first kappa shape index (κ1) is 17.1. The highest BCUT2D eigenvalue weighted by molar-refractivity contribution is 9.10. The van der Waals surface area contributed by atoms with E-state index in [0.717, 1.165) is 6.07 Å². The number of carbonyl (C=O) groups excluding carboxylic acids is 2. The van der Waals surface area contributed by atoms with Gasteiger partial charge < -0.3 is 10.4 Å². The van der Waals surface area contributed by atoms with E-state index < -0.39 is 29.6 Å². The quantitative estimate of drug-likeness (QED) is 0.752. The summed E-state index contributed by atoms with van der Waals surface area (Å²) in [4.78, 5) is 33.6. The molecule has 0 aliphatic heterocycles. The normalized spacial score (nSPS) is 11.6. The van der Waals surface area contributed by atoms with Crippen LogP contribution in [0.25, 0.3) is 0 Å². The number of rotatable bonds is 5.